The van der Waals surface area contributed by atoms with Crippen molar-refractivity contribution in [2.24, 2.45) is 0 Å². The van der Waals surface area contributed by atoms with Gasteiger partial charge in [-0.1, -0.05) is 6.92 Å². The molecule has 1 heterocycles. The molecule has 0 amide bonds. The van der Waals surface area contributed by atoms with Gasteiger partial charge in [0.2, 0.25) is 15.8 Å². The highest BCUT2D eigenvalue weighted by Gasteiger charge is 2.21. The van der Waals surface area contributed by atoms with E-state index in [1.54, 1.807) is 19.9 Å². The molecular weight excluding hydrogens is 380 g/mol. The Morgan fingerprint density at radius 2 is 1.92 bits per heavy atom. The van der Waals surface area contributed by atoms with Crippen molar-refractivity contribution in [3.63, 3.8) is 0 Å². The van der Waals surface area contributed by atoms with Crippen molar-refractivity contribution in [1.29, 1.82) is 0 Å². The molecule has 1 aromatic heterocycles. The fourth-order valence-corrected chi connectivity index (χ4v) is 3.48. The number of hydrogen-bond donors (Lipinski definition) is 2. The topological polar surface area (TPSA) is 97.6 Å². The summed E-state index contributed by atoms with van der Waals surface area (Å²) >= 11 is 0. The number of carbonyl (C=O) groups excluding carboxylic acids is 1. The van der Waals surface area contributed by atoms with Crippen molar-refractivity contribution in [2.45, 2.75) is 32.1 Å². The minimum atomic E-state index is -3.62. The molecule has 2 aromatic rings. The number of halogens is 1. The maximum absolute atomic E-state index is 12.4. The van der Waals surface area contributed by atoms with Crippen molar-refractivity contribution < 1.29 is 22.4 Å². The van der Waals surface area contributed by atoms with Crippen molar-refractivity contribution in [2.75, 3.05) is 26.2 Å². The molecule has 0 atom stereocenters. The third-order valence-electron chi connectivity index (χ3n) is 3.70. The van der Waals surface area contributed by atoms with Crippen LogP contribution >= 0.6 is 12.4 Å². The summed E-state index contributed by atoms with van der Waals surface area (Å²) in [6.45, 7) is 7.41. The number of nitrogens with one attached hydrogen (secondary N) is 2. The quantitative estimate of drug-likeness (QED) is 0.492. The van der Waals surface area contributed by atoms with Crippen molar-refractivity contribution >= 4 is 39.4 Å². The Kier molecular flexibility index (Phi) is 8.55. The lowest BCUT2D eigenvalue weighted by Gasteiger charge is -2.07. The first-order valence-electron chi connectivity index (χ1n) is 8.31. The highest BCUT2D eigenvalue weighted by Crippen LogP contribution is 2.28. The van der Waals surface area contributed by atoms with Gasteiger partial charge in [-0.05, 0) is 45.0 Å². The summed E-state index contributed by atoms with van der Waals surface area (Å²) in [4.78, 5) is 12.0. The first-order valence-corrected chi connectivity index (χ1v) is 9.79. The van der Waals surface area contributed by atoms with Crippen LogP contribution in [0.1, 0.15) is 36.4 Å². The maximum Gasteiger partial charge on any atom is 0.374 e. The molecule has 0 unspecified atom stereocenters. The molecule has 2 rings (SSSR count). The van der Waals surface area contributed by atoms with E-state index < -0.39 is 16.0 Å². The third kappa shape index (κ3) is 5.20. The Bertz CT molecular complexity index is 848. The molecule has 0 spiro atoms. The van der Waals surface area contributed by atoms with Crippen LogP contribution in [0.2, 0.25) is 0 Å². The molecule has 0 aliphatic carbocycles. The van der Waals surface area contributed by atoms with E-state index in [-0.39, 0.29) is 29.7 Å². The number of sulfonamides is 1. The number of rotatable bonds is 9. The van der Waals surface area contributed by atoms with Crippen molar-refractivity contribution in [3.8, 4) is 0 Å². The van der Waals surface area contributed by atoms with E-state index in [9.17, 15) is 13.2 Å². The van der Waals surface area contributed by atoms with Crippen LogP contribution < -0.4 is 10.0 Å². The van der Waals surface area contributed by atoms with Gasteiger partial charge in [-0.15, -0.1) is 12.4 Å². The second kappa shape index (κ2) is 9.91. The van der Waals surface area contributed by atoms with Gasteiger partial charge in [0.1, 0.15) is 5.58 Å². The van der Waals surface area contributed by atoms with Crippen LogP contribution in [0.4, 0.5) is 0 Å². The summed E-state index contributed by atoms with van der Waals surface area (Å²) in [7, 11) is -3.62. The number of fused-ring (bicyclic) bond motifs is 1. The van der Waals surface area contributed by atoms with Gasteiger partial charge < -0.3 is 14.5 Å². The Morgan fingerprint density at radius 1 is 1.19 bits per heavy atom. The zero-order chi connectivity index (χ0) is 18.4. The zero-order valence-electron chi connectivity index (χ0n) is 15.1. The van der Waals surface area contributed by atoms with Gasteiger partial charge in [0, 0.05) is 24.0 Å². The van der Waals surface area contributed by atoms with Crippen LogP contribution in [0.15, 0.2) is 27.5 Å². The van der Waals surface area contributed by atoms with Gasteiger partial charge in [0.25, 0.3) is 0 Å². The molecule has 0 aliphatic heterocycles. The maximum atomic E-state index is 12.4. The number of esters is 1. The molecule has 7 nitrogen and oxygen atoms in total. The number of carbonyl (C=O) groups is 1. The normalized spacial score (nSPS) is 11.3. The van der Waals surface area contributed by atoms with Crippen molar-refractivity contribution in [3.05, 3.63) is 29.5 Å². The van der Waals surface area contributed by atoms with Gasteiger partial charge in [0.15, 0.2) is 0 Å². The smallest absolute Gasteiger partial charge is 0.374 e. The number of aryl methyl sites for hydroxylation is 1. The molecule has 0 saturated carbocycles. The zero-order valence-corrected chi connectivity index (χ0v) is 16.8. The minimum absolute atomic E-state index is 0. The van der Waals surface area contributed by atoms with Crippen LogP contribution in [-0.2, 0) is 14.8 Å². The Morgan fingerprint density at radius 3 is 2.58 bits per heavy atom. The molecule has 0 bridgehead atoms. The van der Waals surface area contributed by atoms with E-state index >= 15 is 0 Å². The van der Waals surface area contributed by atoms with Crippen LogP contribution in [0.3, 0.4) is 0 Å². The van der Waals surface area contributed by atoms with Crippen LogP contribution in [0.5, 0.6) is 0 Å². The predicted molar refractivity (Wildman–Crippen MR) is 103 cm³/mol. The minimum Gasteiger partial charge on any atom is -0.460 e. The summed E-state index contributed by atoms with van der Waals surface area (Å²) in [6, 6.07) is 4.52. The van der Waals surface area contributed by atoms with E-state index in [1.807, 2.05) is 6.92 Å². The highest BCUT2D eigenvalue weighted by atomic mass is 35.5. The largest absolute Gasteiger partial charge is 0.460 e. The standard InChI is InChI=1S/C17H24N2O5S.ClH/c1-4-8-18-9-10-19-25(21,22)13-6-7-15-14(11-13)12(3)16(24-15)17(20)23-5-2;/h6-7,11,18-19H,4-5,8-10H2,1-3H3;1H. The summed E-state index contributed by atoms with van der Waals surface area (Å²) in [5, 5.41) is 3.71. The SMILES string of the molecule is CCCNCCNS(=O)(=O)c1ccc2oc(C(=O)OCC)c(C)c2c1.Cl. The average molecular weight is 405 g/mol. The van der Waals surface area contributed by atoms with Crippen LogP contribution in [0.25, 0.3) is 11.0 Å². The van der Waals surface area contributed by atoms with Crippen molar-refractivity contribution in [1.82, 2.24) is 10.0 Å². The summed E-state index contributed by atoms with van der Waals surface area (Å²) in [5.74, 6) is -0.455. The summed E-state index contributed by atoms with van der Waals surface area (Å²) in [6.07, 6.45) is 0.992. The van der Waals surface area contributed by atoms with Gasteiger partial charge in [0.05, 0.1) is 11.5 Å². The molecule has 0 fully saturated rings. The molecule has 1 aromatic carbocycles. The first-order chi connectivity index (χ1) is 11.9. The number of benzene rings is 1. The third-order valence-corrected chi connectivity index (χ3v) is 5.16. The molecular formula is C17H25ClN2O5S. The molecule has 0 radical (unpaired) electrons. The summed E-state index contributed by atoms with van der Waals surface area (Å²) in [5.41, 5.74) is 1.01. The van der Waals surface area contributed by atoms with Gasteiger partial charge in [-0.3, -0.25) is 0 Å². The molecule has 146 valence electrons. The Hall–Kier alpha value is -1.61. The van der Waals surface area contributed by atoms with Gasteiger partial charge in [-0.25, -0.2) is 17.9 Å². The number of hydrogen-bond acceptors (Lipinski definition) is 6. The monoisotopic (exact) mass is 404 g/mol. The average Bonchev–Trinajstić information content (AvgIpc) is 2.91. The van der Waals surface area contributed by atoms with E-state index in [0.717, 1.165) is 13.0 Å². The molecule has 26 heavy (non-hydrogen) atoms. The lowest BCUT2D eigenvalue weighted by molar-refractivity contribution is 0.0491. The van der Waals surface area contributed by atoms with Gasteiger partial charge >= 0.3 is 5.97 Å². The van der Waals surface area contributed by atoms with E-state index in [4.69, 9.17) is 9.15 Å². The van der Waals surface area contributed by atoms with E-state index in [1.165, 1.54) is 12.1 Å². The lowest BCUT2D eigenvalue weighted by atomic mass is 10.1. The first kappa shape index (κ1) is 22.4. The number of furan rings is 1. The fraction of sp³-hybridized carbons (Fsp3) is 0.471. The highest BCUT2D eigenvalue weighted by molar-refractivity contribution is 7.89. The molecule has 0 saturated heterocycles. The Labute approximate surface area is 159 Å². The predicted octanol–water partition coefficient (Wildman–Crippen LogP) is 2.62. The second-order valence-electron chi connectivity index (χ2n) is 5.58. The molecule has 2 N–H and O–H groups in total. The Balaban J connectivity index is 0.00000338. The lowest BCUT2D eigenvalue weighted by Crippen LogP contribution is -2.32. The van der Waals surface area contributed by atoms with Gasteiger partial charge in [-0.2, -0.15) is 0 Å². The van der Waals surface area contributed by atoms with E-state index in [0.29, 0.717) is 29.6 Å². The second-order valence-corrected chi connectivity index (χ2v) is 7.35. The van der Waals surface area contributed by atoms with Crippen LogP contribution in [-0.4, -0.2) is 40.6 Å². The fourth-order valence-electron chi connectivity index (χ4n) is 2.42. The number of ether oxygens (including phenoxy) is 1. The molecule has 9 heteroatoms. The van der Waals surface area contributed by atoms with E-state index in [2.05, 4.69) is 10.0 Å². The summed E-state index contributed by atoms with van der Waals surface area (Å²) < 4.78 is 37.8. The molecule has 0 aliphatic rings. The van der Waals surface area contributed by atoms with Crippen LogP contribution in [0, 0.1) is 6.92 Å².